The van der Waals surface area contributed by atoms with Gasteiger partial charge in [0.1, 0.15) is 5.82 Å². The number of anilines is 2. The number of hydrogen-bond donors (Lipinski definition) is 2. The fourth-order valence-corrected chi connectivity index (χ4v) is 5.91. The van der Waals surface area contributed by atoms with Gasteiger partial charge in [0.25, 0.3) is 10.0 Å². The van der Waals surface area contributed by atoms with Gasteiger partial charge in [-0.15, -0.1) is 0 Å². The third kappa shape index (κ3) is 4.10. The van der Waals surface area contributed by atoms with Crippen LogP contribution in [0.2, 0.25) is 0 Å². The molecular weight excluding hydrogens is 475 g/mol. The zero-order valence-electron chi connectivity index (χ0n) is 17.9. The van der Waals surface area contributed by atoms with Crippen molar-refractivity contribution >= 4 is 44.8 Å². The number of hydrogen-bond acceptors (Lipinski definition) is 4. The maximum Gasteiger partial charge on any atom is 0.331 e. The van der Waals surface area contributed by atoms with Crippen molar-refractivity contribution in [3.63, 3.8) is 0 Å². The molecule has 2 aliphatic rings. The summed E-state index contributed by atoms with van der Waals surface area (Å²) in [5.41, 5.74) is 3.13. The van der Waals surface area contributed by atoms with Crippen molar-refractivity contribution in [3.05, 3.63) is 89.7 Å². The van der Waals surface area contributed by atoms with Crippen LogP contribution in [-0.2, 0) is 16.4 Å². The SMILES string of the molecule is O=C1NC(c2ccccc2)CN1S(=O)(=O)c1ccc2c(c1)CCN2C(=S)Nc1ccc(F)cc1. The first-order valence-corrected chi connectivity index (χ1v) is 12.5. The van der Waals surface area contributed by atoms with E-state index in [1.165, 1.54) is 18.2 Å². The third-order valence-electron chi connectivity index (χ3n) is 5.95. The highest BCUT2D eigenvalue weighted by atomic mass is 32.2. The van der Waals surface area contributed by atoms with E-state index in [4.69, 9.17) is 12.2 Å². The van der Waals surface area contributed by atoms with Gasteiger partial charge in [-0.3, -0.25) is 0 Å². The molecule has 0 saturated carbocycles. The van der Waals surface area contributed by atoms with Gasteiger partial charge in [0.05, 0.1) is 17.5 Å². The lowest BCUT2D eigenvalue weighted by Crippen LogP contribution is -2.34. The molecule has 0 bridgehead atoms. The normalized spacial score (nSPS) is 17.4. The van der Waals surface area contributed by atoms with E-state index in [1.807, 2.05) is 35.2 Å². The van der Waals surface area contributed by atoms with E-state index >= 15 is 0 Å². The predicted molar refractivity (Wildman–Crippen MR) is 132 cm³/mol. The largest absolute Gasteiger partial charge is 0.332 e. The highest BCUT2D eigenvalue weighted by Gasteiger charge is 2.39. The van der Waals surface area contributed by atoms with Crippen molar-refractivity contribution in [3.8, 4) is 0 Å². The number of nitrogens with one attached hydrogen (secondary N) is 2. The van der Waals surface area contributed by atoms with Gasteiger partial charge in [-0.05, 0) is 72.2 Å². The standard InChI is InChI=1S/C24H21FN4O3S2/c25-18-6-8-19(9-7-18)26-24(33)28-13-12-17-14-20(10-11-22(17)28)34(31,32)29-15-21(27-23(29)30)16-4-2-1-3-5-16/h1-11,14,21H,12-13,15H2,(H,26,33)(H,27,30). The summed E-state index contributed by atoms with van der Waals surface area (Å²) in [6, 6.07) is 18.9. The number of amides is 2. The molecule has 3 aromatic carbocycles. The van der Waals surface area contributed by atoms with Gasteiger partial charge in [-0.1, -0.05) is 30.3 Å². The van der Waals surface area contributed by atoms with Crippen molar-refractivity contribution in [1.29, 1.82) is 0 Å². The molecule has 2 heterocycles. The van der Waals surface area contributed by atoms with Gasteiger partial charge in [0.15, 0.2) is 5.11 Å². The molecule has 0 aromatic heterocycles. The minimum Gasteiger partial charge on any atom is -0.332 e. The first-order valence-electron chi connectivity index (χ1n) is 10.7. The number of fused-ring (bicyclic) bond motifs is 1. The second kappa shape index (κ2) is 8.69. The molecule has 1 atom stereocenters. The number of carbonyl (C=O) groups excluding carboxylic acids is 1. The second-order valence-corrected chi connectivity index (χ2v) is 10.3. The van der Waals surface area contributed by atoms with Crippen LogP contribution < -0.4 is 15.5 Å². The topological polar surface area (TPSA) is 81.8 Å². The Hall–Kier alpha value is -3.50. The van der Waals surface area contributed by atoms with Crippen molar-refractivity contribution in [2.24, 2.45) is 0 Å². The van der Waals surface area contributed by atoms with Gasteiger partial charge in [-0.25, -0.2) is 21.9 Å². The molecular formula is C24H21FN4O3S2. The highest BCUT2D eigenvalue weighted by molar-refractivity contribution is 7.89. The van der Waals surface area contributed by atoms with Crippen LogP contribution in [0.25, 0.3) is 0 Å². The molecule has 10 heteroatoms. The average molecular weight is 497 g/mol. The van der Waals surface area contributed by atoms with Gasteiger partial charge in [-0.2, -0.15) is 0 Å². The zero-order chi connectivity index (χ0) is 23.9. The Morgan fingerprint density at radius 1 is 1.06 bits per heavy atom. The molecule has 1 saturated heterocycles. The molecule has 3 aromatic rings. The minimum absolute atomic E-state index is 0.0278. The van der Waals surface area contributed by atoms with Crippen LogP contribution in [-0.4, -0.2) is 37.0 Å². The Morgan fingerprint density at radius 3 is 2.53 bits per heavy atom. The first-order chi connectivity index (χ1) is 16.3. The lowest BCUT2D eigenvalue weighted by atomic mass is 10.1. The van der Waals surface area contributed by atoms with E-state index in [-0.39, 0.29) is 17.3 Å². The van der Waals surface area contributed by atoms with Crippen LogP contribution >= 0.6 is 12.2 Å². The molecule has 1 fully saturated rings. The summed E-state index contributed by atoms with van der Waals surface area (Å²) in [7, 11) is -4.02. The minimum atomic E-state index is -4.02. The van der Waals surface area contributed by atoms with Crippen LogP contribution in [0.15, 0.2) is 77.7 Å². The van der Waals surface area contributed by atoms with Crippen LogP contribution in [0, 0.1) is 5.82 Å². The van der Waals surface area contributed by atoms with E-state index in [9.17, 15) is 17.6 Å². The summed E-state index contributed by atoms with van der Waals surface area (Å²) in [5, 5.41) is 6.26. The van der Waals surface area contributed by atoms with Crippen LogP contribution in [0.5, 0.6) is 0 Å². The molecule has 0 spiro atoms. The van der Waals surface area contributed by atoms with Gasteiger partial charge in [0.2, 0.25) is 0 Å². The Labute approximate surface area is 202 Å². The van der Waals surface area contributed by atoms with Crippen molar-refractivity contribution in [2.75, 3.05) is 23.3 Å². The Balaban J connectivity index is 1.34. The fraction of sp³-hybridized carbons (Fsp3) is 0.167. The number of thiocarbonyl (C=S) groups is 1. The van der Waals surface area contributed by atoms with Gasteiger partial charge in [0, 0.05) is 17.9 Å². The lowest BCUT2D eigenvalue weighted by molar-refractivity contribution is 0.235. The van der Waals surface area contributed by atoms with E-state index in [1.54, 1.807) is 24.3 Å². The molecule has 7 nitrogen and oxygen atoms in total. The van der Waals surface area contributed by atoms with E-state index in [0.29, 0.717) is 23.8 Å². The Bertz CT molecular complexity index is 1360. The number of benzene rings is 3. The zero-order valence-corrected chi connectivity index (χ0v) is 19.6. The summed E-state index contributed by atoms with van der Waals surface area (Å²) in [6.07, 6.45) is 0.600. The van der Waals surface area contributed by atoms with Crippen LogP contribution in [0.3, 0.4) is 0 Å². The fourth-order valence-electron chi connectivity index (χ4n) is 4.20. The molecule has 34 heavy (non-hydrogen) atoms. The number of halogens is 1. The summed E-state index contributed by atoms with van der Waals surface area (Å²) in [6.45, 7) is 0.603. The van der Waals surface area contributed by atoms with Crippen molar-refractivity contribution in [2.45, 2.75) is 17.4 Å². The molecule has 2 N–H and O–H groups in total. The molecule has 174 valence electrons. The summed E-state index contributed by atoms with van der Waals surface area (Å²) in [4.78, 5) is 14.5. The van der Waals surface area contributed by atoms with E-state index in [0.717, 1.165) is 21.1 Å². The molecule has 0 radical (unpaired) electrons. The predicted octanol–water partition coefficient (Wildman–Crippen LogP) is 4.04. The Kier molecular flexibility index (Phi) is 5.70. The van der Waals surface area contributed by atoms with Gasteiger partial charge < -0.3 is 15.5 Å². The van der Waals surface area contributed by atoms with Gasteiger partial charge >= 0.3 is 6.03 Å². The van der Waals surface area contributed by atoms with Crippen LogP contribution in [0.4, 0.5) is 20.6 Å². The van der Waals surface area contributed by atoms with E-state index in [2.05, 4.69) is 10.6 Å². The number of carbonyl (C=O) groups is 1. The number of rotatable bonds is 4. The number of nitrogens with zero attached hydrogens (tertiary/aromatic N) is 2. The summed E-state index contributed by atoms with van der Waals surface area (Å²) >= 11 is 5.51. The molecule has 5 rings (SSSR count). The Morgan fingerprint density at radius 2 is 1.79 bits per heavy atom. The summed E-state index contributed by atoms with van der Waals surface area (Å²) < 4.78 is 40.6. The highest BCUT2D eigenvalue weighted by Crippen LogP contribution is 2.33. The van der Waals surface area contributed by atoms with E-state index < -0.39 is 22.1 Å². The maximum absolute atomic E-state index is 13.3. The second-order valence-electron chi connectivity index (χ2n) is 8.08. The number of urea groups is 1. The first kappa shape index (κ1) is 22.3. The molecule has 1 unspecified atom stereocenters. The average Bonchev–Trinajstić information content (AvgIpc) is 3.45. The molecule has 0 aliphatic carbocycles. The number of sulfonamides is 1. The van der Waals surface area contributed by atoms with Crippen LogP contribution in [0.1, 0.15) is 17.2 Å². The monoisotopic (exact) mass is 496 g/mol. The van der Waals surface area contributed by atoms with Crippen molar-refractivity contribution in [1.82, 2.24) is 9.62 Å². The molecule has 2 amide bonds. The third-order valence-corrected chi connectivity index (χ3v) is 8.02. The lowest BCUT2D eigenvalue weighted by Gasteiger charge is -2.22. The maximum atomic E-state index is 13.3. The molecule has 2 aliphatic heterocycles. The van der Waals surface area contributed by atoms with Crippen molar-refractivity contribution < 1.29 is 17.6 Å². The quantitative estimate of drug-likeness (QED) is 0.531. The summed E-state index contributed by atoms with van der Waals surface area (Å²) in [5.74, 6) is -0.335. The smallest absolute Gasteiger partial charge is 0.331 e.